The highest BCUT2D eigenvalue weighted by atomic mass is 32.2. The summed E-state index contributed by atoms with van der Waals surface area (Å²) in [4.78, 5) is 0. The van der Waals surface area contributed by atoms with E-state index >= 15 is 0 Å². The van der Waals surface area contributed by atoms with E-state index in [1.807, 2.05) is 6.92 Å². The van der Waals surface area contributed by atoms with Crippen molar-refractivity contribution in [3.05, 3.63) is 29.8 Å². The minimum atomic E-state index is -3.33. The molecule has 1 atom stereocenters. The van der Waals surface area contributed by atoms with E-state index < -0.39 is 10.0 Å². The Kier molecular flexibility index (Phi) is 3.89. The zero-order valence-electron chi connectivity index (χ0n) is 10.4. The number of morpholine rings is 1. The molecular weight excluding hydrogens is 252 g/mol. The normalized spacial score (nSPS) is 21.9. The fraction of sp³-hybridized carbons (Fsp3) is 0.500. The molecule has 1 unspecified atom stereocenters. The van der Waals surface area contributed by atoms with E-state index in [4.69, 9.17) is 10.5 Å². The van der Waals surface area contributed by atoms with Crippen LogP contribution in [-0.2, 0) is 20.5 Å². The fourth-order valence-electron chi connectivity index (χ4n) is 2.07. The molecule has 6 heteroatoms. The van der Waals surface area contributed by atoms with Gasteiger partial charge in [0.05, 0.1) is 19.0 Å². The Morgan fingerprint density at radius 2 is 2.17 bits per heavy atom. The van der Waals surface area contributed by atoms with Crippen molar-refractivity contribution in [3.8, 4) is 0 Å². The summed E-state index contributed by atoms with van der Waals surface area (Å²) in [5.41, 5.74) is 6.95. The molecule has 0 aliphatic carbocycles. The Hall–Kier alpha value is -1.11. The van der Waals surface area contributed by atoms with Crippen LogP contribution in [0.1, 0.15) is 12.5 Å². The lowest BCUT2D eigenvalue weighted by Gasteiger charge is -2.32. The molecule has 0 radical (unpaired) electrons. The largest absolute Gasteiger partial charge is 0.398 e. The molecule has 1 aromatic rings. The Bertz CT molecular complexity index is 516. The fourth-order valence-corrected chi connectivity index (χ4v) is 3.85. The van der Waals surface area contributed by atoms with Gasteiger partial charge in [0.2, 0.25) is 10.0 Å². The van der Waals surface area contributed by atoms with Crippen molar-refractivity contribution in [3.63, 3.8) is 0 Å². The van der Waals surface area contributed by atoms with Crippen LogP contribution in [-0.4, -0.2) is 38.5 Å². The zero-order valence-corrected chi connectivity index (χ0v) is 11.2. The number of nitrogens with two attached hydrogens (primary N) is 1. The lowest BCUT2D eigenvalue weighted by molar-refractivity contribution is 0.0392. The van der Waals surface area contributed by atoms with Crippen molar-refractivity contribution < 1.29 is 13.2 Å². The van der Waals surface area contributed by atoms with Gasteiger partial charge in [0, 0.05) is 18.3 Å². The number of sulfonamides is 1. The first-order valence-corrected chi connectivity index (χ1v) is 7.52. The van der Waals surface area contributed by atoms with Gasteiger partial charge in [-0.05, 0) is 18.6 Å². The number of nitrogen functional groups attached to an aromatic ring is 1. The van der Waals surface area contributed by atoms with Crippen molar-refractivity contribution in [1.29, 1.82) is 0 Å². The molecule has 1 aliphatic heterocycles. The number of rotatable bonds is 3. The van der Waals surface area contributed by atoms with Crippen molar-refractivity contribution in [2.45, 2.75) is 18.7 Å². The Labute approximate surface area is 108 Å². The minimum Gasteiger partial charge on any atom is -0.398 e. The SMILES string of the molecule is CC1COCCN1S(=O)(=O)Cc1ccccc1N. The second-order valence-corrected chi connectivity index (χ2v) is 6.41. The van der Waals surface area contributed by atoms with Crippen molar-refractivity contribution >= 4 is 15.7 Å². The number of hydrogen-bond donors (Lipinski definition) is 1. The van der Waals surface area contributed by atoms with Crippen LogP contribution in [0.15, 0.2) is 24.3 Å². The molecular formula is C12H18N2O3S. The van der Waals surface area contributed by atoms with E-state index in [2.05, 4.69) is 0 Å². The first-order valence-electron chi connectivity index (χ1n) is 5.91. The zero-order chi connectivity index (χ0) is 13.2. The summed E-state index contributed by atoms with van der Waals surface area (Å²) < 4.78 is 31.4. The third kappa shape index (κ3) is 2.82. The van der Waals surface area contributed by atoms with Gasteiger partial charge in [-0.15, -0.1) is 0 Å². The molecule has 1 fully saturated rings. The molecule has 1 heterocycles. The number of ether oxygens (including phenoxy) is 1. The predicted octanol–water partition coefficient (Wildman–Crippen LogP) is 0.819. The first kappa shape index (κ1) is 13.3. The maximum atomic E-state index is 12.3. The Morgan fingerprint density at radius 3 is 2.83 bits per heavy atom. The van der Waals surface area contributed by atoms with E-state index in [9.17, 15) is 8.42 Å². The molecule has 0 spiro atoms. The molecule has 18 heavy (non-hydrogen) atoms. The Balaban J connectivity index is 2.19. The standard InChI is InChI=1S/C12H18N2O3S/c1-10-8-17-7-6-14(10)18(15,16)9-11-4-2-3-5-12(11)13/h2-5,10H,6-9,13H2,1H3. The molecule has 0 aromatic heterocycles. The summed E-state index contributed by atoms with van der Waals surface area (Å²) in [6.45, 7) is 3.17. The van der Waals surface area contributed by atoms with E-state index in [1.54, 1.807) is 24.3 Å². The Morgan fingerprint density at radius 1 is 1.44 bits per heavy atom. The second kappa shape index (κ2) is 5.26. The van der Waals surface area contributed by atoms with Gasteiger partial charge < -0.3 is 10.5 Å². The molecule has 0 amide bonds. The van der Waals surface area contributed by atoms with Crippen LogP contribution in [0, 0.1) is 0 Å². The van der Waals surface area contributed by atoms with Gasteiger partial charge in [0.15, 0.2) is 0 Å². The lowest BCUT2D eigenvalue weighted by Crippen LogP contribution is -2.47. The quantitative estimate of drug-likeness (QED) is 0.825. The van der Waals surface area contributed by atoms with Crippen LogP contribution < -0.4 is 5.73 Å². The number of benzene rings is 1. The second-order valence-electron chi connectivity index (χ2n) is 4.49. The van der Waals surface area contributed by atoms with Gasteiger partial charge >= 0.3 is 0 Å². The number of anilines is 1. The molecule has 1 saturated heterocycles. The molecule has 2 N–H and O–H groups in total. The predicted molar refractivity (Wildman–Crippen MR) is 70.5 cm³/mol. The third-order valence-electron chi connectivity index (χ3n) is 3.06. The van der Waals surface area contributed by atoms with Gasteiger partial charge in [0.25, 0.3) is 0 Å². The summed E-state index contributed by atoms with van der Waals surface area (Å²) in [7, 11) is -3.33. The third-order valence-corrected chi connectivity index (χ3v) is 4.99. The van der Waals surface area contributed by atoms with Gasteiger partial charge in [-0.3, -0.25) is 0 Å². The molecule has 2 rings (SSSR count). The van der Waals surface area contributed by atoms with E-state index in [0.29, 0.717) is 31.0 Å². The smallest absolute Gasteiger partial charge is 0.218 e. The van der Waals surface area contributed by atoms with Crippen LogP contribution >= 0.6 is 0 Å². The molecule has 0 saturated carbocycles. The van der Waals surface area contributed by atoms with Crippen LogP contribution in [0.5, 0.6) is 0 Å². The highest BCUT2D eigenvalue weighted by molar-refractivity contribution is 7.88. The molecule has 0 bridgehead atoms. The highest BCUT2D eigenvalue weighted by Crippen LogP contribution is 2.19. The topological polar surface area (TPSA) is 72.6 Å². The van der Waals surface area contributed by atoms with Crippen LogP contribution in [0.25, 0.3) is 0 Å². The summed E-state index contributed by atoms with van der Waals surface area (Å²) in [5.74, 6) is -0.0516. The van der Waals surface area contributed by atoms with Crippen molar-refractivity contribution in [2.24, 2.45) is 0 Å². The summed E-state index contributed by atoms with van der Waals surface area (Å²) >= 11 is 0. The number of nitrogens with zero attached hydrogens (tertiary/aromatic N) is 1. The lowest BCUT2D eigenvalue weighted by atomic mass is 10.2. The van der Waals surface area contributed by atoms with Gasteiger partial charge in [-0.2, -0.15) is 4.31 Å². The average Bonchev–Trinajstić information content (AvgIpc) is 2.32. The highest BCUT2D eigenvalue weighted by Gasteiger charge is 2.30. The van der Waals surface area contributed by atoms with Crippen molar-refractivity contribution in [1.82, 2.24) is 4.31 Å². The average molecular weight is 270 g/mol. The summed E-state index contributed by atoms with van der Waals surface area (Å²) in [6, 6.07) is 6.94. The maximum absolute atomic E-state index is 12.3. The molecule has 5 nitrogen and oxygen atoms in total. The molecule has 1 aromatic carbocycles. The van der Waals surface area contributed by atoms with Gasteiger partial charge in [-0.25, -0.2) is 8.42 Å². The van der Waals surface area contributed by atoms with Crippen LogP contribution in [0.2, 0.25) is 0 Å². The minimum absolute atomic E-state index is 0.0516. The molecule has 100 valence electrons. The summed E-state index contributed by atoms with van der Waals surface area (Å²) in [6.07, 6.45) is 0. The summed E-state index contributed by atoms with van der Waals surface area (Å²) in [5, 5.41) is 0. The maximum Gasteiger partial charge on any atom is 0.218 e. The van der Waals surface area contributed by atoms with E-state index in [0.717, 1.165) is 0 Å². The van der Waals surface area contributed by atoms with Gasteiger partial charge in [0.1, 0.15) is 0 Å². The van der Waals surface area contributed by atoms with Crippen molar-refractivity contribution in [2.75, 3.05) is 25.5 Å². The van der Waals surface area contributed by atoms with E-state index in [-0.39, 0.29) is 11.8 Å². The van der Waals surface area contributed by atoms with E-state index in [1.165, 1.54) is 4.31 Å². The van der Waals surface area contributed by atoms with Crippen LogP contribution in [0.3, 0.4) is 0 Å². The van der Waals surface area contributed by atoms with Crippen LogP contribution in [0.4, 0.5) is 5.69 Å². The number of para-hydroxylation sites is 1. The first-order chi connectivity index (χ1) is 8.50. The molecule has 1 aliphatic rings. The number of hydrogen-bond acceptors (Lipinski definition) is 4. The monoisotopic (exact) mass is 270 g/mol. The van der Waals surface area contributed by atoms with Gasteiger partial charge in [-0.1, -0.05) is 18.2 Å².